The summed E-state index contributed by atoms with van der Waals surface area (Å²) in [5.41, 5.74) is 0.226. The molecule has 0 spiro atoms. The molecule has 5 nitrogen and oxygen atoms in total. The maximum Gasteiger partial charge on any atom is 0.323 e. The van der Waals surface area contributed by atoms with E-state index in [1.165, 1.54) is 17.2 Å². The van der Waals surface area contributed by atoms with E-state index in [4.69, 9.17) is 16.7 Å². The fourth-order valence-electron chi connectivity index (χ4n) is 1.40. The first-order valence-electron chi connectivity index (χ1n) is 5.17. The van der Waals surface area contributed by atoms with E-state index in [9.17, 15) is 9.59 Å². The molecule has 0 aliphatic heterocycles. The Labute approximate surface area is 104 Å². The monoisotopic (exact) mass is 256 g/mol. The molecule has 0 bridgehead atoms. The van der Waals surface area contributed by atoms with E-state index >= 15 is 0 Å². The molecule has 92 valence electrons. The van der Waals surface area contributed by atoms with Gasteiger partial charge >= 0.3 is 5.97 Å². The van der Waals surface area contributed by atoms with Gasteiger partial charge in [0.25, 0.3) is 5.91 Å². The molecule has 1 aromatic rings. The molecule has 1 rings (SSSR count). The summed E-state index contributed by atoms with van der Waals surface area (Å²) in [6.45, 7) is 1.90. The number of carbonyl (C=O) groups excluding carboxylic acids is 1. The predicted molar refractivity (Wildman–Crippen MR) is 63.1 cm³/mol. The van der Waals surface area contributed by atoms with Crippen molar-refractivity contribution in [1.29, 1.82) is 0 Å². The van der Waals surface area contributed by atoms with Crippen LogP contribution in [0.15, 0.2) is 18.3 Å². The molecule has 1 aromatic heterocycles. The Bertz CT molecular complexity index is 423. The highest BCUT2D eigenvalue weighted by atomic mass is 35.5. The average molecular weight is 257 g/mol. The Morgan fingerprint density at radius 2 is 2.24 bits per heavy atom. The number of hydrogen-bond acceptors (Lipinski definition) is 3. The van der Waals surface area contributed by atoms with Gasteiger partial charge in [0.05, 0.1) is 5.56 Å². The van der Waals surface area contributed by atoms with E-state index in [1.54, 1.807) is 6.07 Å². The molecule has 0 fully saturated rings. The summed E-state index contributed by atoms with van der Waals surface area (Å²) >= 11 is 5.79. The van der Waals surface area contributed by atoms with E-state index in [0.29, 0.717) is 13.0 Å². The smallest absolute Gasteiger partial charge is 0.323 e. The number of carbonyl (C=O) groups is 2. The summed E-state index contributed by atoms with van der Waals surface area (Å²) in [5, 5.41) is 8.82. The molecular formula is C11H13ClN2O3. The lowest BCUT2D eigenvalue weighted by Gasteiger charge is -2.20. The number of carboxylic acid groups (broad SMARTS) is 1. The molecule has 0 unspecified atom stereocenters. The minimum atomic E-state index is -1.05. The zero-order valence-corrected chi connectivity index (χ0v) is 10.1. The SMILES string of the molecule is CCCN(CC(=O)O)C(=O)c1cccnc1Cl. The highest BCUT2D eigenvalue weighted by Gasteiger charge is 2.20. The summed E-state index contributed by atoms with van der Waals surface area (Å²) in [4.78, 5) is 27.7. The Hall–Kier alpha value is -1.62. The van der Waals surface area contributed by atoms with Crippen LogP contribution in [0.2, 0.25) is 5.15 Å². The van der Waals surface area contributed by atoms with Crippen molar-refractivity contribution in [2.75, 3.05) is 13.1 Å². The zero-order chi connectivity index (χ0) is 12.8. The molecule has 1 heterocycles. The van der Waals surface area contributed by atoms with Crippen LogP contribution in [0, 0.1) is 0 Å². The number of nitrogens with zero attached hydrogens (tertiary/aromatic N) is 2. The average Bonchev–Trinajstić information content (AvgIpc) is 2.28. The molecule has 0 atom stereocenters. The Balaban J connectivity index is 2.91. The molecule has 0 aromatic carbocycles. The quantitative estimate of drug-likeness (QED) is 0.814. The van der Waals surface area contributed by atoms with E-state index in [2.05, 4.69) is 4.98 Å². The molecule has 6 heteroatoms. The van der Waals surface area contributed by atoms with Crippen LogP contribution < -0.4 is 0 Å². The van der Waals surface area contributed by atoms with Crippen molar-refractivity contribution < 1.29 is 14.7 Å². The predicted octanol–water partition coefficient (Wildman–Crippen LogP) is 1.67. The Morgan fingerprint density at radius 3 is 2.76 bits per heavy atom. The number of amides is 1. The first kappa shape index (κ1) is 13.4. The molecular weight excluding hydrogens is 244 g/mol. The second-order valence-electron chi connectivity index (χ2n) is 3.46. The van der Waals surface area contributed by atoms with E-state index < -0.39 is 11.9 Å². The van der Waals surface area contributed by atoms with Gasteiger partial charge in [-0.05, 0) is 18.6 Å². The van der Waals surface area contributed by atoms with Crippen molar-refractivity contribution in [3.63, 3.8) is 0 Å². The van der Waals surface area contributed by atoms with E-state index in [1.807, 2.05) is 6.92 Å². The third-order valence-electron chi connectivity index (χ3n) is 2.10. The van der Waals surface area contributed by atoms with Crippen LogP contribution in [-0.2, 0) is 4.79 Å². The van der Waals surface area contributed by atoms with Gasteiger partial charge < -0.3 is 10.0 Å². The van der Waals surface area contributed by atoms with Gasteiger partial charge in [0.2, 0.25) is 0 Å². The minimum absolute atomic E-state index is 0.0870. The lowest BCUT2D eigenvalue weighted by atomic mass is 10.2. The number of hydrogen-bond donors (Lipinski definition) is 1. The number of rotatable bonds is 5. The lowest BCUT2D eigenvalue weighted by Crippen LogP contribution is -2.36. The van der Waals surface area contributed by atoms with Gasteiger partial charge in [0.1, 0.15) is 11.7 Å². The van der Waals surface area contributed by atoms with Crippen LogP contribution in [0.3, 0.4) is 0 Å². The van der Waals surface area contributed by atoms with Crippen LogP contribution in [0.1, 0.15) is 23.7 Å². The van der Waals surface area contributed by atoms with Crippen molar-refractivity contribution >= 4 is 23.5 Å². The van der Waals surface area contributed by atoms with Gasteiger partial charge in [0, 0.05) is 12.7 Å². The normalized spacial score (nSPS) is 10.0. The second kappa shape index (κ2) is 6.20. The number of aliphatic carboxylic acids is 1. The summed E-state index contributed by atoms with van der Waals surface area (Å²) in [6, 6.07) is 3.12. The van der Waals surface area contributed by atoms with E-state index in [-0.39, 0.29) is 17.3 Å². The van der Waals surface area contributed by atoms with Gasteiger partial charge in [-0.3, -0.25) is 9.59 Å². The Kier molecular flexibility index (Phi) is 4.90. The van der Waals surface area contributed by atoms with Crippen LogP contribution >= 0.6 is 11.6 Å². The Morgan fingerprint density at radius 1 is 1.53 bits per heavy atom. The summed E-state index contributed by atoms with van der Waals surface area (Å²) in [6.07, 6.45) is 2.15. The van der Waals surface area contributed by atoms with Crippen molar-refractivity contribution in [3.8, 4) is 0 Å². The van der Waals surface area contributed by atoms with Crippen molar-refractivity contribution in [1.82, 2.24) is 9.88 Å². The van der Waals surface area contributed by atoms with E-state index in [0.717, 1.165) is 0 Å². The molecule has 0 saturated carbocycles. The molecule has 0 aliphatic rings. The molecule has 0 saturated heterocycles. The lowest BCUT2D eigenvalue weighted by molar-refractivity contribution is -0.137. The highest BCUT2D eigenvalue weighted by molar-refractivity contribution is 6.32. The zero-order valence-electron chi connectivity index (χ0n) is 9.39. The third kappa shape index (κ3) is 3.71. The van der Waals surface area contributed by atoms with Crippen molar-refractivity contribution in [3.05, 3.63) is 29.0 Å². The van der Waals surface area contributed by atoms with Gasteiger partial charge in [-0.25, -0.2) is 4.98 Å². The van der Waals surface area contributed by atoms with Crippen LogP contribution in [0.5, 0.6) is 0 Å². The first-order chi connectivity index (χ1) is 8.06. The third-order valence-corrected chi connectivity index (χ3v) is 2.40. The minimum Gasteiger partial charge on any atom is -0.480 e. The topological polar surface area (TPSA) is 70.5 Å². The largest absolute Gasteiger partial charge is 0.480 e. The molecule has 1 N–H and O–H groups in total. The second-order valence-corrected chi connectivity index (χ2v) is 3.82. The fourth-order valence-corrected chi connectivity index (χ4v) is 1.60. The van der Waals surface area contributed by atoms with Crippen LogP contribution in [-0.4, -0.2) is 40.0 Å². The molecule has 0 aliphatic carbocycles. The molecule has 0 radical (unpaired) electrons. The number of aromatic nitrogens is 1. The van der Waals surface area contributed by atoms with Gasteiger partial charge in [-0.2, -0.15) is 0 Å². The number of carboxylic acids is 1. The number of pyridine rings is 1. The molecule has 17 heavy (non-hydrogen) atoms. The standard InChI is InChI=1S/C11H13ClN2O3/c1-2-6-14(7-9(15)16)11(17)8-4-3-5-13-10(8)12/h3-5H,2,6-7H2,1H3,(H,15,16). The van der Waals surface area contributed by atoms with Crippen LogP contribution in [0.25, 0.3) is 0 Å². The maximum atomic E-state index is 12.0. The first-order valence-corrected chi connectivity index (χ1v) is 5.55. The number of halogens is 1. The van der Waals surface area contributed by atoms with Gasteiger partial charge in [-0.15, -0.1) is 0 Å². The molecule has 1 amide bonds. The van der Waals surface area contributed by atoms with Crippen molar-refractivity contribution in [2.45, 2.75) is 13.3 Å². The van der Waals surface area contributed by atoms with Gasteiger partial charge in [0.15, 0.2) is 0 Å². The van der Waals surface area contributed by atoms with Crippen LogP contribution in [0.4, 0.5) is 0 Å². The van der Waals surface area contributed by atoms with Gasteiger partial charge in [-0.1, -0.05) is 18.5 Å². The highest BCUT2D eigenvalue weighted by Crippen LogP contribution is 2.14. The fraction of sp³-hybridized carbons (Fsp3) is 0.364. The summed E-state index contributed by atoms with van der Waals surface area (Å²) in [7, 11) is 0. The maximum absolute atomic E-state index is 12.0. The summed E-state index contributed by atoms with van der Waals surface area (Å²) in [5.74, 6) is -1.46. The van der Waals surface area contributed by atoms with Crippen molar-refractivity contribution in [2.24, 2.45) is 0 Å². The summed E-state index contributed by atoms with van der Waals surface area (Å²) < 4.78 is 0.